The molecular formula is C9H13ClN4S. The Labute approximate surface area is 99.0 Å². The third kappa shape index (κ3) is 3.68. The normalized spacial score (nSPS) is 15.0. The molecule has 1 aliphatic rings. The molecule has 0 bridgehead atoms. The minimum Gasteiger partial charge on any atom is -0.361 e. The Balaban J connectivity index is 1.63. The molecule has 2 rings (SSSR count). The largest absolute Gasteiger partial charge is 0.361 e. The van der Waals surface area contributed by atoms with Crippen molar-refractivity contribution in [3.63, 3.8) is 0 Å². The van der Waals surface area contributed by atoms with E-state index in [4.69, 9.17) is 23.8 Å². The Kier molecular flexibility index (Phi) is 3.43. The maximum absolute atomic E-state index is 5.74. The monoisotopic (exact) mass is 244 g/mol. The third-order valence-corrected chi connectivity index (χ3v) is 2.60. The van der Waals surface area contributed by atoms with Gasteiger partial charge in [0.15, 0.2) is 5.11 Å². The molecule has 0 saturated heterocycles. The van der Waals surface area contributed by atoms with Crippen molar-refractivity contribution in [3.05, 3.63) is 17.4 Å². The van der Waals surface area contributed by atoms with Crippen molar-refractivity contribution in [1.82, 2.24) is 20.4 Å². The Morgan fingerprint density at radius 3 is 3.07 bits per heavy atom. The fraction of sp³-hybridized carbons (Fsp3) is 0.556. The van der Waals surface area contributed by atoms with Crippen molar-refractivity contribution in [2.75, 3.05) is 6.54 Å². The van der Waals surface area contributed by atoms with Gasteiger partial charge in [0.1, 0.15) is 0 Å². The van der Waals surface area contributed by atoms with Gasteiger partial charge >= 0.3 is 0 Å². The molecule has 1 aromatic heterocycles. The van der Waals surface area contributed by atoms with Crippen LogP contribution in [0.5, 0.6) is 0 Å². The van der Waals surface area contributed by atoms with E-state index < -0.39 is 0 Å². The van der Waals surface area contributed by atoms with Crippen molar-refractivity contribution in [2.24, 2.45) is 0 Å². The zero-order chi connectivity index (χ0) is 10.7. The van der Waals surface area contributed by atoms with Gasteiger partial charge in [-0.2, -0.15) is 5.10 Å². The lowest BCUT2D eigenvalue weighted by molar-refractivity contribution is 0.600. The summed E-state index contributed by atoms with van der Waals surface area (Å²) in [5.74, 6) is 0. The molecule has 15 heavy (non-hydrogen) atoms. The molecule has 4 nitrogen and oxygen atoms in total. The first kappa shape index (κ1) is 10.7. The van der Waals surface area contributed by atoms with Crippen molar-refractivity contribution in [1.29, 1.82) is 0 Å². The minimum absolute atomic E-state index is 0.601. The second-order valence-corrected chi connectivity index (χ2v) is 4.44. The van der Waals surface area contributed by atoms with Crippen LogP contribution in [0.3, 0.4) is 0 Å². The van der Waals surface area contributed by atoms with Crippen molar-refractivity contribution in [3.8, 4) is 0 Å². The van der Waals surface area contributed by atoms with Gasteiger partial charge in [-0.15, -0.1) is 0 Å². The van der Waals surface area contributed by atoms with Gasteiger partial charge in [-0.25, -0.2) is 0 Å². The van der Waals surface area contributed by atoms with Crippen molar-refractivity contribution in [2.45, 2.75) is 25.4 Å². The summed E-state index contributed by atoms with van der Waals surface area (Å²) >= 11 is 10.9. The van der Waals surface area contributed by atoms with Crippen LogP contribution in [-0.4, -0.2) is 27.5 Å². The van der Waals surface area contributed by atoms with E-state index in [1.165, 1.54) is 12.8 Å². The molecule has 82 valence electrons. The highest BCUT2D eigenvalue weighted by atomic mass is 35.5. The van der Waals surface area contributed by atoms with Crippen LogP contribution < -0.4 is 10.6 Å². The molecule has 1 heterocycles. The van der Waals surface area contributed by atoms with Gasteiger partial charge in [-0.1, -0.05) is 11.6 Å². The van der Waals surface area contributed by atoms with Crippen LogP contribution in [0.2, 0.25) is 5.02 Å². The van der Waals surface area contributed by atoms with Gasteiger partial charge in [-0.05, 0) is 25.1 Å². The molecule has 0 radical (unpaired) electrons. The fourth-order valence-electron chi connectivity index (χ4n) is 1.21. The zero-order valence-corrected chi connectivity index (χ0v) is 9.81. The first-order chi connectivity index (χ1) is 7.24. The summed E-state index contributed by atoms with van der Waals surface area (Å²) in [7, 11) is 0. The lowest BCUT2D eigenvalue weighted by atomic mass is 10.6. The second-order valence-electron chi connectivity index (χ2n) is 3.60. The molecule has 0 spiro atoms. The summed E-state index contributed by atoms with van der Waals surface area (Å²) in [6.45, 7) is 1.52. The number of aromatic nitrogens is 2. The summed E-state index contributed by atoms with van der Waals surface area (Å²) < 4.78 is 1.79. The van der Waals surface area contributed by atoms with Gasteiger partial charge in [0.2, 0.25) is 0 Å². The molecule has 1 aromatic rings. The van der Waals surface area contributed by atoms with E-state index in [1.807, 2.05) is 0 Å². The molecule has 0 atom stereocenters. The summed E-state index contributed by atoms with van der Waals surface area (Å²) in [6, 6.07) is 0.601. The van der Waals surface area contributed by atoms with E-state index in [0.29, 0.717) is 11.1 Å². The number of thiocarbonyl (C=S) groups is 1. The Morgan fingerprint density at radius 1 is 1.67 bits per heavy atom. The molecule has 2 N–H and O–H groups in total. The predicted molar refractivity (Wildman–Crippen MR) is 64.0 cm³/mol. The lowest BCUT2D eigenvalue weighted by Crippen LogP contribution is -2.38. The van der Waals surface area contributed by atoms with Gasteiger partial charge in [0, 0.05) is 18.8 Å². The molecule has 0 unspecified atom stereocenters. The van der Waals surface area contributed by atoms with Crippen LogP contribution >= 0.6 is 23.8 Å². The van der Waals surface area contributed by atoms with Crippen LogP contribution in [0.15, 0.2) is 12.4 Å². The summed E-state index contributed by atoms with van der Waals surface area (Å²) in [6.07, 6.45) is 5.89. The molecule has 1 saturated carbocycles. The molecular weight excluding hydrogens is 232 g/mol. The van der Waals surface area contributed by atoms with Crippen LogP contribution in [-0.2, 0) is 6.54 Å². The quantitative estimate of drug-likeness (QED) is 0.781. The molecule has 1 fully saturated rings. The topological polar surface area (TPSA) is 41.9 Å². The maximum atomic E-state index is 5.74. The first-order valence-electron chi connectivity index (χ1n) is 4.96. The van der Waals surface area contributed by atoms with E-state index in [9.17, 15) is 0 Å². The maximum Gasteiger partial charge on any atom is 0.166 e. The smallest absolute Gasteiger partial charge is 0.166 e. The molecule has 6 heteroatoms. The zero-order valence-electron chi connectivity index (χ0n) is 8.24. The standard InChI is InChI=1S/C9H13ClN4S/c10-7-5-12-14(6-7)4-3-11-9(15)13-8-1-2-8/h5-6,8H,1-4H2,(H2,11,13,15). The van der Waals surface area contributed by atoms with E-state index >= 15 is 0 Å². The predicted octanol–water partition coefficient (Wildman–Crippen LogP) is 1.16. The molecule has 0 aromatic carbocycles. The second kappa shape index (κ2) is 4.81. The van der Waals surface area contributed by atoms with Crippen LogP contribution in [0.25, 0.3) is 0 Å². The molecule has 1 aliphatic carbocycles. The highest BCUT2D eigenvalue weighted by molar-refractivity contribution is 7.80. The van der Waals surface area contributed by atoms with Gasteiger partial charge < -0.3 is 10.6 Å². The summed E-state index contributed by atoms with van der Waals surface area (Å²) in [4.78, 5) is 0. The summed E-state index contributed by atoms with van der Waals surface area (Å²) in [5, 5.41) is 11.8. The minimum atomic E-state index is 0.601. The molecule has 0 amide bonds. The van der Waals surface area contributed by atoms with E-state index in [-0.39, 0.29) is 0 Å². The van der Waals surface area contributed by atoms with Crippen LogP contribution in [0.1, 0.15) is 12.8 Å². The number of nitrogens with one attached hydrogen (secondary N) is 2. The molecule has 0 aliphatic heterocycles. The Morgan fingerprint density at radius 2 is 2.47 bits per heavy atom. The van der Waals surface area contributed by atoms with Gasteiger partial charge in [-0.3, -0.25) is 4.68 Å². The van der Waals surface area contributed by atoms with E-state index in [2.05, 4.69) is 15.7 Å². The number of hydrogen-bond acceptors (Lipinski definition) is 2. The Hall–Kier alpha value is -0.810. The van der Waals surface area contributed by atoms with E-state index in [0.717, 1.165) is 18.2 Å². The number of nitrogens with zero attached hydrogens (tertiary/aromatic N) is 2. The number of rotatable bonds is 4. The SMILES string of the molecule is S=C(NCCn1cc(Cl)cn1)NC1CC1. The van der Waals surface area contributed by atoms with Crippen molar-refractivity contribution >= 4 is 28.9 Å². The summed E-state index contributed by atoms with van der Waals surface area (Å²) in [5.41, 5.74) is 0. The lowest BCUT2D eigenvalue weighted by Gasteiger charge is -2.09. The van der Waals surface area contributed by atoms with Crippen LogP contribution in [0, 0.1) is 0 Å². The number of hydrogen-bond donors (Lipinski definition) is 2. The number of halogens is 1. The van der Waals surface area contributed by atoms with Gasteiger partial charge in [0.05, 0.1) is 17.8 Å². The fourth-order valence-corrected chi connectivity index (χ4v) is 1.63. The van der Waals surface area contributed by atoms with Crippen LogP contribution in [0.4, 0.5) is 0 Å². The average Bonchev–Trinajstić information content (AvgIpc) is 2.89. The first-order valence-corrected chi connectivity index (χ1v) is 5.75. The Bertz CT molecular complexity index is 348. The van der Waals surface area contributed by atoms with Crippen molar-refractivity contribution < 1.29 is 0 Å². The third-order valence-electron chi connectivity index (χ3n) is 2.14. The van der Waals surface area contributed by atoms with E-state index in [1.54, 1.807) is 17.1 Å². The van der Waals surface area contributed by atoms with Gasteiger partial charge in [0.25, 0.3) is 0 Å². The highest BCUT2D eigenvalue weighted by Gasteiger charge is 2.21. The average molecular weight is 245 g/mol. The highest BCUT2D eigenvalue weighted by Crippen LogP contribution is 2.18.